The normalized spacial score (nSPS) is 22.2. The van der Waals surface area contributed by atoms with Crippen LogP contribution in [0, 0.1) is 0 Å². The molecule has 49 heavy (non-hydrogen) atoms. The molecule has 2 saturated heterocycles. The summed E-state index contributed by atoms with van der Waals surface area (Å²) in [5.74, 6) is 1.08. The highest BCUT2D eigenvalue weighted by Crippen LogP contribution is 2.35. The highest BCUT2D eigenvalue weighted by molar-refractivity contribution is 5.79. The molecule has 1 amide bonds. The van der Waals surface area contributed by atoms with Crippen LogP contribution in [-0.4, -0.2) is 108 Å². The predicted molar refractivity (Wildman–Crippen MR) is 178 cm³/mol. The SMILES string of the molecule is O=C(Cc1ccc(CON(O)O)cc1)N1CC(O)C(c2ccc(OC3CCNC3)cc2)C(OCc2ccc3c(c2)N(CCCO)CCO3)C1. The molecule has 3 aromatic rings. The molecular formula is C36H46N4O9. The zero-order chi connectivity index (χ0) is 34.2. The number of anilines is 1. The number of fused-ring (bicyclic) bond motifs is 1. The van der Waals surface area contributed by atoms with E-state index >= 15 is 0 Å². The first-order valence-corrected chi connectivity index (χ1v) is 16.9. The fourth-order valence-electron chi connectivity index (χ4n) is 6.76. The molecule has 4 atom stereocenters. The monoisotopic (exact) mass is 678 g/mol. The standard InChI is InChI=1S/C36H46N4O9/c41-16-1-14-38-15-17-46-33-11-6-27(18-31(33)38)23-47-34-22-39(35(43)19-25-2-4-26(5-3-25)24-48-40(44)45)21-32(42)36(34)28-7-9-29(10-8-28)49-30-12-13-37-20-30/h2-11,18,30,32,34,36-37,41-42,44-45H,1,12-17,19-24H2. The summed E-state index contributed by atoms with van der Waals surface area (Å²) in [6.07, 6.45) is 0.543. The van der Waals surface area contributed by atoms with Gasteiger partial charge in [-0.25, -0.2) is 4.84 Å². The molecule has 0 saturated carbocycles. The number of amides is 1. The second kappa shape index (κ2) is 16.7. The Kier molecular flexibility index (Phi) is 12.0. The van der Waals surface area contributed by atoms with Gasteiger partial charge in [0.1, 0.15) is 24.2 Å². The summed E-state index contributed by atoms with van der Waals surface area (Å²) in [5, 5.41) is 41.5. The Morgan fingerprint density at radius 3 is 2.49 bits per heavy atom. The van der Waals surface area contributed by atoms with Crippen molar-refractivity contribution < 1.29 is 44.5 Å². The lowest BCUT2D eigenvalue weighted by atomic mass is 9.84. The number of nitrogens with zero attached hydrogens (tertiary/aromatic N) is 3. The van der Waals surface area contributed by atoms with Crippen LogP contribution in [-0.2, 0) is 34.0 Å². The molecule has 0 aromatic heterocycles. The van der Waals surface area contributed by atoms with E-state index in [2.05, 4.69) is 21.1 Å². The maximum Gasteiger partial charge on any atom is 0.227 e. The summed E-state index contributed by atoms with van der Waals surface area (Å²) in [6.45, 7) is 4.64. The van der Waals surface area contributed by atoms with E-state index in [9.17, 15) is 15.0 Å². The van der Waals surface area contributed by atoms with Crippen molar-refractivity contribution in [2.45, 2.75) is 56.7 Å². The third-order valence-corrected chi connectivity index (χ3v) is 9.32. The van der Waals surface area contributed by atoms with Crippen LogP contribution in [0.3, 0.4) is 0 Å². The molecule has 3 heterocycles. The summed E-state index contributed by atoms with van der Waals surface area (Å²) < 4.78 is 18.6. The summed E-state index contributed by atoms with van der Waals surface area (Å²) in [6, 6.07) is 20.9. The molecule has 4 unspecified atom stereocenters. The zero-order valence-corrected chi connectivity index (χ0v) is 27.5. The summed E-state index contributed by atoms with van der Waals surface area (Å²) in [5.41, 5.74) is 4.31. The molecule has 264 valence electrons. The maximum atomic E-state index is 13.6. The van der Waals surface area contributed by atoms with Gasteiger partial charge in [0.05, 0.1) is 49.5 Å². The van der Waals surface area contributed by atoms with E-state index in [1.165, 1.54) is 0 Å². The van der Waals surface area contributed by atoms with Gasteiger partial charge in [-0.1, -0.05) is 42.5 Å². The number of aliphatic hydroxyl groups excluding tert-OH is 2. The van der Waals surface area contributed by atoms with Crippen molar-refractivity contribution in [3.05, 3.63) is 89.0 Å². The molecule has 0 radical (unpaired) electrons. The number of carbonyl (C=O) groups excluding carboxylic acids is 1. The minimum absolute atomic E-state index is 0.0389. The van der Waals surface area contributed by atoms with Gasteiger partial charge in [0.15, 0.2) is 0 Å². The number of rotatable bonds is 14. The van der Waals surface area contributed by atoms with Crippen LogP contribution in [0.4, 0.5) is 5.69 Å². The molecule has 2 fully saturated rings. The van der Waals surface area contributed by atoms with Crippen molar-refractivity contribution >= 4 is 11.6 Å². The topological polar surface area (TPSA) is 157 Å². The predicted octanol–water partition coefficient (Wildman–Crippen LogP) is 2.64. The highest BCUT2D eigenvalue weighted by Gasteiger charge is 2.39. The number of benzene rings is 3. The number of piperidine rings is 1. The smallest absolute Gasteiger partial charge is 0.227 e. The minimum atomic E-state index is -0.862. The van der Waals surface area contributed by atoms with Gasteiger partial charge in [0.2, 0.25) is 5.91 Å². The van der Waals surface area contributed by atoms with E-state index in [-0.39, 0.29) is 56.1 Å². The molecule has 6 rings (SSSR count). The Morgan fingerprint density at radius 1 is 0.980 bits per heavy atom. The van der Waals surface area contributed by atoms with E-state index in [1.807, 2.05) is 36.4 Å². The molecule has 0 bridgehead atoms. The Hall–Kier alpha value is -3.79. The van der Waals surface area contributed by atoms with Crippen molar-refractivity contribution in [2.24, 2.45) is 0 Å². The van der Waals surface area contributed by atoms with Crippen LogP contribution in [0.5, 0.6) is 11.5 Å². The first-order valence-electron chi connectivity index (χ1n) is 16.9. The Bertz CT molecular complexity index is 1500. The van der Waals surface area contributed by atoms with Gasteiger partial charge in [0, 0.05) is 38.7 Å². The second-order valence-corrected chi connectivity index (χ2v) is 12.8. The van der Waals surface area contributed by atoms with Gasteiger partial charge in [0.25, 0.3) is 0 Å². The molecule has 3 aromatic carbocycles. The van der Waals surface area contributed by atoms with Gasteiger partial charge in [-0.05, 0) is 65.9 Å². The fourth-order valence-corrected chi connectivity index (χ4v) is 6.76. The van der Waals surface area contributed by atoms with Crippen LogP contribution in [0.25, 0.3) is 0 Å². The van der Waals surface area contributed by atoms with Gasteiger partial charge in [-0.15, -0.1) is 0 Å². The average Bonchev–Trinajstić information content (AvgIpc) is 3.63. The largest absolute Gasteiger partial charge is 0.490 e. The summed E-state index contributed by atoms with van der Waals surface area (Å²) >= 11 is 0. The number of hydrogen-bond acceptors (Lipinski definition) is 12. The molecule has 13 nitrogen and oxygen atoms in total. The van der Waals surface area contributed by atoms with Crippen molar-refractivity contribution in [2.75, 3.05) is 57.4 Å². The first kappa shape index (κ1) is 35.1. The van der Waals surface area contributed by atoms with Crippen molar-refractivity contribution in [1.29, 1.82) is 0 Å². The summed E-state index contributed by atoms with van der Waals surface area (Å²) in [4.78, 5) is 22.1. The summed E-state index contributed by atoms with van der Waals surface area (Å²) in [7, 11) is 0. The lowest BCUT2D eigenvalue weighted by Gasteiger charge is -2.42. The Balaban J connectivity index is 1.17. The van der Waals surface area contributed by atoms with Gasteiger partial charge in [-0.3, -0.25) is 15.2 Å². The molecular weight excluding hydrogens is 632 g/mol. The van der Waals surface area contributed by atoms with Crippen molar-refractivity contribution in [3.8, 4) is 11.5 Å². The number of nitrogens with one attached hydrogen (secondary N) is 1. The number of aliphatic hydroxyl groups is 2. The van der Waals surface area contributed by atoms with Crippen LogP contribution in [0.15, 0.2) is 66.7 Å². The van der Waals surface area contributed by atoms with Crippen molar-refractivity contribution in [1.82, 2.24) is 15.6 Å². The lowest BCUT2D eigenvalue weighted by molar-refractivity contribution is -0.497. The quantitative estimate of drug-likeness (QED) is 0.159. The molecule has 3 aliphatic rings. The number of β-amino-alcohol motifs (C(OH)–C–C–N with tert-alkyl or cyclic N) is 1. The number of likely N-dealkylation sites (tertiary alicyclic amines) is 1. The molecule has 0 aliphatic carbocycles. The average molecular weight is 679 g/mol. The van der Waals surface area contributed by atoms with E-state index in [4.69, 9.17) is 24.6 Å². The third kappa shape index (κ3) is 9.26. The maximum absolute atomic E-state index is 13.6. The number of ether oxygens (including phenoxy) is 3. The van der Waals surface area contributed by atoms with Crippen LogP contribution in [0.2, 0.25) is 0 Å². The Labute approximate surface area is 286 Å². The van der Waals surface area contributed by atoms with Gasteiger partial charge in [-0.2, -0.15) is 0 Å². The first-order chi connectivity index (χ1) is 23.9. The van der Waals surface area contributed by atoms with Crippen LogP contribution in [0.1, 0.15) is 41.0 Å². The van der Waals surface area contributed by atoms with Gasteiger partial charge < -0.3 is 39.5 Å². The Morgan fingerprint density at radius 2 is 1.76 bits per heavy atom. The minimum Gasteiger partial charge on any atom is -0.490 e. The van der Waals surface area contributed by atoms with Gasteiger partial charge >= 0.3 is 0 Å². The zero-order valence-electron chi connectivity index (χ0n) is 27.5. The molecule has 0 spiro atoms. The van der Waals surface area contributed by atoms with Crippen molar-refractivity contribution in [3.63, 3.8) is 0 Å². The van der Waals surface area contributed by atoms with E-state index < -0.39 is 12.2 Å². The van der Waals surface area contributed by atoms with E-state index in [0.29, 0.717) is 25.1 Å². The van der Waals surface area contributed by atoms with E-state index in [0.717, 1.165) is 66.5 Å². The number of carbonyl (C=O) groups is 1. The van der Waals surface area contributed by atoms with E-state index in [1.54, 1.807) is 29.2 Å². The van der Waals surface area contributed by atoms with Crippen LogP contribution < -0.4 is 19.7 Å². The number of hydrogen-bond donors (Lipinski definition) is 5. The third-order valence-electron chi connectivity index (χ3n) is 9.32. The van der Waals surface area contributed by atoms with Crippen LogP contribution >= 0.6 is 0 Å². The highest BCUT2D eigenvalue weighted by atomic mass is 17.1. The second-order valence-electron chi connectivity index (χ2n) is 12.8. The fraction of sp³-hybridized carbons (Fsp3) is 0.472. The molecule has 3 aliphatic heterocycles. The molecule has 5 N–H and O–H groups in total. The molecule has 13 heteroatoms. The lowest BCUT2D eigenvalue weighted by Crippen LogP contribution is -2.54.